The van der Waals surface area contributed by atoms with Gasteiger partial charge in [-0.2, -0.15) is 0 Å². The van der Waals surface area contributed by atoms with E-state index in [-0.39, 0.29) is 23.9 Å². The third-order valence-corrected chi connectivity index (χ3v) is 2.13. The number of amides is 1. The Bertz CT molecular complexity index is 205. The van der Waals surface area contributed by atoms with Crippen molar-refractivity contribution in [3.63, 3.8) is 0 Å². The molecule has 0 rings (SSSR count). The summed E-state index contributed by atoms with van der Waals surface area (Å²) in [7, 11) is 0. The number of hydrogen-bond donors (Lipinski definition) is 2. The van der Waals surface area contributed by atoms with Gasteiger partial charge in [-0.3, -0.25) is 4.79 Å². The van der Waals surface area contributed by atoms with E-state index >= 15 is 0 Å². The second kappa shape index (κ2) is 5.60. The molecule has 0 saturated carbocycles. The lowest BCUT2D eigenvalue weighted by molar-refractivity contribution is -0.125. The molecule has 0 aromatic carbocycles. The van der Waals surface area contributed by atoms with Crippen LogP contribution in [0.4, 0.5) is 0 Å². The van der Waals surface area contributed by atoms with Gasteiger partial charge in [-0.25, -0.2) is 0 Å². The van der Waals surface area contributed by atoms with Crippen molar-refractivity contribution in [3.05, 3.63) is 0 Å². The highest BCUT2D eigenvalue weighted by Crippen LogP contribution is 2.00. The quantitative estimate of drug-likeness (QED) is 0.622. The molecule has 13 heavy (non-hydrogen) atoms. The van der Waals surface area contributed by atoms with Gasteiger partial charge in [0, 0.05) is 12.0 Å². The Kier molecular flexibility index (Phi) is 5.17. The predicted octanol–water partition coefficient (Wildman–Crippen LogP) is 0.498. The lowest BCUT2D eigenvalue weighted by atomic mass is 10.0. The van der Waals surface area contributed by atoms with Crippen LogP contribution in [0.5, 0.6) is 0 Å². The molecule has 3 N–H and O–H groups in total. The summed E-state index contributed by atoms with van der Waals surface area (Å²) in [6.07, 6.45) is 5.96. The average Bonchev–Trinajstić information content (AvgIpc) is 2.12. The number of nitrogens with two attached hydrogens (primary N) is 1. The average molecular weight is 182 g/mol. The Hall–Kier alpha value is -1.01. The van der Waals surface area contributed by atoms with Crippen molar-refractivity contribution in [1.82, 2.24) is 5.32 Å². The standard InChI is InChI=1S/C10H18N2O/c1-5-9(6-2)12-10(13)7(3)8(4)11/h1,7-9H,6,11H2,2-4H3,(H,12,13). The second-order valence-electron chi connectivity index (χ2n) is 3.28. The summed E-state index contributed by atoms with van der Waals surface area (Å²) in [4.78, 5) is 11.4. The van der Waals surface area contributed by atoms with Gasteiger partial charge in [0.05, 0.1) is 6.04 Å². The molecule has 0 aliphatic rings. The first-order valence-corrected chi connectivity index (χ1v) is 4.55. The number of rotatable bonds is 4. The Morgan fingerprint density at radius 1 is 1.62 bits per heavy atom. The van der Waals surface area contributed by atoms with Crippen LogP contribution < -0.4 is 11.1 Å². The molecule has 3 atom stereocenters. The molecule has 0 aliphatic carbocycles. The molecule has 0 heterocycles. The summed E-state index contributed by atoms with van der Waals surface area (Å²) in [5.41, 5.74) is 5.58. The topological polar surface area (TPSA) is 55.1 Å². The molecule has 1 amide bonds. The van der Waals surface area contributed by atoms with E-state index in [0.29, 0.717) is 0 Å². The van der Waals surface area contributed by atoms with Gasteiger partial charge in [-0.05, 0) is 13.3 Å². The zero-order valence-corrected chi connectivity index (χ0v) is 8.50. The van der Waals surface area contributed by atoms with Crippen LogP contribution in [0.1, 0.15) is 27.2 Å². The highest BCUT2D eigenvalue weighted by molar-refractivity contribution is 5.79. The molecule has 0 aromatic rings. The maximum Gasteiger partial charge on any atom is 0.225 e. The molecule has 74 valence electrons. The van der Waals surface area contributed by atoms with E-state index in [1.807, 2.05) is 6.92 Å². The zero-order valence-electron chi connectivity index (χ0n) is 8.50. The molecule has 0 spiro atoms. The zero-order chi connectivity index (χ0) is 10.4. The number of nitrogens with one attached hydrogen (secondary N) is 1. The monoisotopic (exact) mass is 182 g/mol. The van der Waals surface area contributed by atoms with Crippen LogP contribution in [-0.2, 0) is 4.79 Å². The molecule has 0 aliphatic heterocycles. The van der Waals surface area contributed by atoms with Crippen LogP contribution in [0.25, 0.3) is 0 Å². The largest absolute Gasteiger partial charge is 0.342 e. The summed E-state index contributed by atoms with van der Waals surface area (Å²) in [5.74, 6) is 2.24. The molecular weight excluding hydrogens is 164 g/mol. The van der Waals surface area contributed by atoms with Gasteiger partial charge in [-0.1, -0.05) is 19.8 Å². The van der Waals surface area contributed by atoms with Gasteiger partial charge in [0.1, 0.15) is 0 Å². The van der Waals surface area contributed by atoms with Crippen LogP contribution in [0.15, 0.2) is 0 Å². The molecular formula is C10H18N2O. The van der Waals surface area contributed by atoms with Crippen LogP contribution in [0, 0.1) is 18.3 Å². The number of hydrogen-bond acceptors (Lipinski definition) is 2. The Morgan fingerprint density at radius 3 is 2.46 bits per heavy atom. The minimum atomic E-state index is -0.192. The number of carbonyl (C=O) groups is 1. The van der Waals surface area contributed by atoms with E-state index in [2.05, 4.69) is 11.2 Å². The van der Waals surface area contributed by atoms with E-state index in [4.69, 9.17) is 12.2 Å². The first-order chi connectivity index (χ1) is 6.02. The third-order valence-electron chi connectivity index (χ3n) is 2.13. The van der Waals surface area contributed by atoms with Gasteiger partial charge in [-0.15, -0.1) is 6.42 Å². The highest BCUT2D eigenvalue weighted by Gasteiger charge is 2.18. The molecule has 3 heteroatoms. The van der Waals surface area contributed by atoms with Crippen molar-refractivity contribution in [3.8, 4) is 12.3 Å². The molecule has 3 nitrogen and oxygen atoms in total. The van der Waals surface area contributed by atoms with Crippen molar-refractivity contribution in [2.45, 2.75) is 39.3 Å². The molecule has 0 fully saturated rings. The summed E-state index contributed by atoms with van der Waals surface area (Å²) >= 11 is 0. The van der Waals surface area contributed by atoms with Gasteiger partial charge < -0.3 is 11.1 Å². The Labute approximate surface area is 80.1 Å². The Morgan fingerprint density at radius 2 is 2.15 bits per heavy atom. The SMILES string of the molecule is C#CC(CC)NC(=O)C(C)C(C)N. The summed E-state index contributed by atoms with van der Waals surface area (Å²) in [5, 5.41) is 2.74. The van der Waals surface area contributed by atoms with Gasteiger partial charge in [0.25, 0.3) is 0 Å². The Balaban J connectivity index is 4.08. The summed E-state index contributed by atoms with van der Waals surface area (Å²) in [6.45, 7) is 5.53. The van der Waals surface area contributed by atoms with E-state index in [1.165, 1.54) is 0 Å². The summed E-state index contributed by atoms with van der Waals surface area (Å²) < 4.78 is 0. The fraction of sp³-hybridized carbons (Fsp3) is 0.700. The van der Waals surface area contributed by atoms with Crippen LogP contribution >= 0.6 is 0 Å². The van der Waals surface area contributed by atoms with E-state index < -0.39 is 0 Å². The maximum absolute atomic E-state index is 11.4. The number of carbonyl (C=O) groups excluding carboxylic acids is 1. The van der Waals surface area contributed by atoms with Crippen LogP contribution in [0.3, 0.4) is 0 Å². The van der Waals surface area contributed by atoms with Crippen molar-refractivity contribution in [1.29, 1.82) is 0 Å². The second-order valence-corrected chi connectivity index (χ2v) is 3.28. The number of terminal acetylenes is 1. The van der Waals surface area contributed by atoms with E-state index in [1.54, 1.807) is 13.8 Å². The van der Waals surface area contributed by atoms with Crippen LogP contribution in [0.2, 0.25) is 0 Å². The molecule has 3 unspecified atom stereocenters. The normalized spacial score (nSPS) is 16.8. The molecule has 0 saturated heterocycles. The highest BCUT2D eigenvalue weighted by atomic mass is 16.1. The molecule has 0 aromatic heterocycles. The van der Waals surface area contributed by atoms with Crippen molar-refractivity contribution < 1.29 is 4.79 Å². The van der Waals surface area contributed by atoms with Crippen molar-refractivity contribution in [2.24, 2.45) is 11.7 Å². The lowest BCUT2D eigenvalue weighted by Gasteiger charge is -2.17. The smallest absolute Gasteiger partial charge is 0.225 e. The lowest BCUT2D eigenvalue weighted by Crippen LogP contribution is -2.42. The molecule has 0 radical (unpaired) electrons. The van der Waals surface area contributed by atoms with Gasteiger partial charge in [0.2, 0.25) is 5.91 Å². The van der Waals surface area contributed by atoms with E-state index in [9.17, 15) is 4.79 Å². The first-order valence-electron chi connectivity index (χ1n) is 4.55. The minimum absolute atomic E-state index is 0.0696. The predicted molar refractivity (Wildman–Crippen MR) is 53.9 cm³/mol. The third kappa shape index (κ3) is 3.95. The fourth-order valence-corrected chi connectivity index (χ4v) is 0.804. The first kappa shape index (κ1) is 12.0. The summed E-state index contributed by atoms with van der Waals surface area (Å²) in [6, 6.07) is -0.316. The van der Waals surface area contributed by atoms with Crippen LogP contribution in [-0.4, -0.2) is 18.0 Å². The minimum Gasteiger partial charge on any atom is -0.342 e. The maximum atomic E-state index is 11.4. The van der Waals surface area contributed by atoms with E-state index in [0.717, 1.165) is 6.42 Å². The van der Waals surface area contributed by atoms with Gasteiger partial charge in [0.15, 0.2) is 0 Å². The van der Waals surface area contributed by atoms with Crippen molar-refractivity contribution >= 4 is 5.91 Å². The van der Waals surface area contributed by atoms with Crippen molar-refractivity contribution in [2.75, 3.05) is 0 Å². The fourth-order valence-electron chi connectivity index (χ4n) is 0.804. The molecule has 0 bridgehead atoms. The van der Waals surface area contributed by atoms with Gasteiger partial charge >= 0.3 is 0 Å².